The lowest BCUT2D eigenvalue weighted by molar-refractivity contribution is 0.0663. The molecule has 0 saturated carbocycles. The quantitative estimate of drug-likeness (QED) is 0.910. The number of carbonyl (C=O) groups is 1. The van der Waals surface area contributed by atoms with Crippen molar-refractivity contribution in [3.05, 3.63) is 35.1 Å². The number of carboxylic acids is 1. The third kappa shape index (κ3) is 2.08. The van der Waals surface area contributed by atoms with E-state index in [1.165, 1.54) is 0 Å². The van der Waals surface area contributed by atoms with E-state index >= 15 is 0 Å². The first-order chi connectivity index (χ1) is 8.40. The summed E-state index contributed by atoms with van der Waals surface area (Å²) >= 11 is 0. The molecule has 1 aromatic heterocycles. The Kier molecular flexibility index (Phi) is 3.07. The van der Waals surface area contributed by atoms with Crippen LogP contribution in [0.3, 0.4) is 0 Å². The normalized spacial score (nSPS) is 11.4. The second-order valence-electron chi connectivity index (χ2n) is 4.58. The zero-order valence-corrected chi connectivity index (χ0v) is 9.96. The molecule has 5 heteroatoms. The van der Waals surface area contributed by atoms with Crippen molar-refractivity contribution >= 4 is 16.9 Å². The van der Waals surface area contributed by atoms with Crippen molar-refractivity contribution in [1.82, 2.24) is 0 Å². The smallest absolute Gasteiger partial charge is 0.372 e. The Bertz CT molecular complexity index is 614. The molecule has 0 bridgehead atoms. The van der Waals surface area contributed by atoms with Gasteiger partial charge in [-0.2, -0.15) is 0 Å². The van der Waals surface area contributed by atoms with Gasteiger partial charge in [0.15, 0.2) is 11.4 Å². The Balaban J connectivity index is 2.76. The molecular formula is C13H12F2O3. The molecule has 0 aliphatic heterocycles. The minimum absolute atomic E-state index is 0.148. The van der Waals surface area contributed by atoms with Crippen LogP contribution in [0.5, 0.6) is 0 Å². The number of halogens is 2. The average Bonchev–Trinajstić information content (AvgIpc) is 2.57. The van der Waals surface area contributed by atoms with Gasteiger partial charge in [0.25, 0.3) is 0 Å². The lowest BCUT2D eigenvalue weighted by Crippen LogP contribution is -2.02. The molecule has 1 aromatic carbocycles. The predicted octanol–water partition coefficient (Wildman–Crippen LogP) is 3.61. The summed E-state index contributed by atoms with van der Waals surface area (Å²) in [5, 5.41) is 9.22. The summed E-state index contributed by atoms with van der Waals surface area (Å²) in [6.07, 6.45) is 0.386. The predicted molar refractivity (Wildman–Crippen MR) is 61.6 cm³/mol. The van der Waals surface area contributed by atoms with E-state index in [0.29, 0.717) is 18.1 Å². The molecule has 96 valence electrons. The van der Waals surface area contributed by atoms with Crippen LogP contribution in [0, 0.1) is 17.6 Å². The second kappa shape index (κ2) is 4.40. The fourth-order valence-corrected chi connectivity index (χ4v) is 1.96. The third-order valence-electron chi connectivity index (χ3n) is 2.62. The highest BCUT2D eigenvalue weighted by atomic mass is 19.1. The molecule has 0 unspecified atom stereocenters. The van der Waals surface area contributed by atoms with Gasteiger partial charge in [-0.3, -0.25) is 0 Å². The molecule has 0 amide bonds. The van der Waals surface area contributed by atoms with Gasteiger partial charge in [0.1, 0.15) is 5.82 Å². The topological polar surface area (TPSA) is 50.4 Å². The molecule has 3 nitrogen and oxygen atoms in total. The SMILES string of the molecule is CC(C)Cc1c(C(=O)O)oc2c(F)cc(F)cc12. The number of benzene rings is 1. The van der Waals surface area contributed by atoms with Crippen LogP contribution in [0.15, 0.2) is 16.5 Å². The molecule has 2 aromatic rings. The summed E-state index contributed by atoms with van der Waals surface area (Å²) in [6, 6.07) is 1.78. The first kappa shape index (κ1) is 12.5. The van der Waals surface area contributed by atoms with Crippen molar-refractivity contribution in [3.8, 4) is 0 Å². The van der Waals surface area contributed by atoms with Crippen molar-refractivity contribution in [1.29, 1.82) is 0 Å². The van der Waals surface area contributed by atoms with E-state index in [4.69, 9.17) is 9.52 Å². The molecule has 0 atom stereocenters. The number of hydrogen-bond donors (Lipinski definition) is 1. The highest BCUT2D eigenvalue weighted by Gasteiger charge is 2.23. The molecule has 1 heterocycles. The highest BCUT2D eigenvalue weighted by Crippen LogP contribution is 2.30. The maximum Gasteiger partial charge on any atom is 0.372 e. The molecule has 0 aliphatic rings. The van der Waals surface area contributed by atoms with Crippen LogP contribution in [-0.4, -0.2) is 11.1 Å². The molecule has 0 fully saturated rings. The zero-order chi connectivity index (χ0) is 13.4. The Morgan fingerprint density at radius 3 is 2.61 bits per heavy atom. The van der Waals surface area contributed by atoms with E-state index in [2.05, 4.69) is 0 Å². The number of fused-ring (bicyclic) bond motifs is 1. The third-order valence-corrected chi connectivity index (χ3v) is 2.62. The van der Waals surface area contributed by atoms with Gasteiger partial charge in [-0.05, 0) is 18.4 Å². The zero-order valence-electron chi connectivity index (χ0n) is 9.96. The summed E-state index contributed by atoms with van der Waals surface area (Å²) in [5.41, 5.74) is 0.135. The lowest BCUT2D eigenvalue weighted by atomic mass is 9.99. The summed E-state index contributed by atoms with van der Waals surface area (Å²) in [4.78, 5) is 11.1. The summed E-state index contributed by atoms with van der Waals surface area (Å²) in [7, 11) is 0. The first-order valence-electron chi connectivity index (χ1n) is 5.54. The van der Waals surface area contributed by atoms with E-state index < -0.39 is 17.6 Å². The lowest BCUT2D eigenvalue weighted by Gasteiger charge is -2.03. The van der Waals surface area contributed by atoms with Crippen LogP contribution >= 0.6 is 0 Å². The first-order valence-corrected chi connectivity index (χ1v) is 5.54. The van der Waals surface area contributed by atoms with Crippen LogP contribution in [0.1, 0.15) is 30.0 Å². The number of hydrogen-bond acceptors (Lipinski definition) is 2. The maximum absolute atomic E-state index is 13.5. The molecular weight excluding hydrogens is 242 g/mol. The van der Waals surface area contributed by atoms with Gasteiger partial charge in [-0.25, -0.2) is 13.6 Å². The summed E-state index contributed by atoms with van der Waals surface area (Å²) in [6.45, 7) is 3.78. The minimum Gasteiger partial charge on any atom is -0.475 e. The van der Waals surface area contributed by atoms with Crippen molar-refractivity contribution in [2.24, 2.45) is 5.92 Å². The van der Waals surface area contributed by atoms with Gasteiger partial charge < -0.3 is 9.52 Å². The number of aromatic carboxylic acids is 1. The van der Waals surface area contributed by atoms with E-state index in [-0.39, 0.29) is 22.6 Å². The van der Waals surface area contributed by atoms with Gasteiger partial charge in [0.2, 0.25) is 5.76 Å². The Labute approximate surface area is 102 Å². The molecule has 1 N–H and O–H groups in total. The minimum atomic E-state index is -1.28. The standard InChI is InChI=1S/C13H12F2O3/c1-6(2)3-8-9-4-7(14)5-10(15)11(9)18-12(8)13(16)17/h4-6H,3H2,1-2H3,(H,16,17). The van der Waals surface area contributed by atoms with Crippen LogP contribution in [0.4, 0.5) is 8.78 Å². The highest BCUT2D eigenvalue weighted by molar-refractivity contribution is 5.95. The molecule has 18 heavy (non-hydrogen) atoms. The Morgan fingerprint density at radius 1 is 1.39 bits per heavy atom. The molecule has 0 radical (unpaired) electrons. The van der Waals surface area contributed by atoms with Crippen LogP contribution in [-0.2, 0) is 6.42 Å². The van der Waals surface area contributed by atoms with Gasteiger partial charge in [-0.1, -0.05) is 13.8 Å². The summed E-state index contributed by atoms with van der Waals surface area (Å²) in [5.74, 6) is -3.08. The van der Waals surface area contributed by atoms with E-state index in [0.717, 1.165) is 6.07 Å². The second-order valence-corrected chi connectivity index (χ2v) is 4.58. The largest absolute Gasteiger partial charge is 0.475 e. The molecule has 0 spiro atoms. The maximum atomic E-state index is 13.5. The van der Waals surface area contributed by atoms with Crippen LogP contribution in [0.25, 0.3) is 11.0 Å². The van der Waals surface area contributed by atoms with Gasteiger partial charge >= 0.3 is 5.97 Å². The number of furan rings is 1. The van der Waals surface area contributed by atoms with Crippen molar-refractivity contribution in [2.45, 2.75) is 20.3 Å². The number of rotatable bonds is 3. The number of carboxylic acid groups (broad SMARTS) is 1. The Morgan fingerprint density at radius 2 is 2.06 bits per heavy atom. The fourth-order valence-electron chi connectivity index (χ4n) is 1.96. The van der Waals surface area contributed by atoms with Crippen LogP contribution in [0.2, 0.25) is 0 Å². The monoisotopic (exact) mass is 254 g/mol. The Hall–Kier alpha value is -1.91. The van der Waals surface area contributed by atoms with E-state index in [1.54, 1.807) is 0 Å². The van der Waals surface area contributed by atoms with Crippen molar-refractivity contribution in [2.75, 3.05) is 0 Å². The molecule has 0 aliphatic carbocycles. The van der Waals surface area contributed by atoms with Gasteiger partial charge in [0, 0.05) is 17.0 Å². The molecule has 2 rings (SSSR count). The van der Waals surface area contributed by atoms with Gasteiger partial charge in [0.05, 0.1) is 0 Å². The van der Waals surface area contributed by atoms with E-state index in [9.17, 15) is 13.6 Å². The van der Waals surface area contributed by atoms with Crippen molar-refractivity contribution < 1.29 is 23.1 Å². The summed E-state index contributed by atoms with van der Waals surface area (Å²) < 4.78 is 31.7. The van der Waals surface area contributed by atoms with Gasteiger partial charge in [-0.15, -0.1) is 0 Å². The van der Waals surface area contributed by atoms with Crippen LogP contribution < -0.4 is 0 Å². The molecule has 0 saturated heterocycles. The fraction of sp³-hybridized carbons (Fsp3) is 0.308. The van der Waals surface area contributed by atoms with E-state index in [1.807, 2.05) is 13.8 Å². The van der Waals surface area contributed by atoms with Crippen molar-refractivity contribution in [3.63, 3.8) is 0 Å². The average molecular weight is 254 g/mol.